The second-order valence-electron chi connectivity index (χ2n) is 4.64. The number of hydrogen-bond donors (Lipinski definition) is 1. The van der Waals surface area contributed by atoms with Gasteiger partial charge in [0.1, 0.15) is 17.5 Å². The first-order valence-corrected chi connectivity index (χ1v) is 7.64. The second kappa shape index (κ2) is 5.78. The molecule has 1 N–H and O–H groups in total. The van der Waals surface area contributed by atoms with Crippen LogP contribution < -0.4 is 10.2 Å². The summed E-state index contributed by atoms with van der Waals surface area (Å²) in [6.45, 7) is 7.74. The first-order valence-electron chi connectivity index (χ1n) is 6.59. The number of thioether (sulfide) groups is 1. The van der Waals surface area contributed by atoms with Gasteiger partial charge in [-0.25, -0.2) is 9.97 Å². The van der Waals surface area contributed by atoms with Gasteiger partial charge in [0.15, 0.2) is 0 Å². The molecule has 2 atom stereocenters. The van der Waals surface area contributed by atoms with Crippen LogP contribution in [0.3, 0.4) is 0 Å². The molecule has 100 valence electrons. The molecular formula is C13H22N4S. The van der Waals surface area contributed by atoms with Gasteiger partial charge >= 0.3 is 0 Å². The minimum atomic E-state index is 0.521. The highest BCUT2D eigenvalue weighted by Gasteiger charge is 2.26. The van der Waals surface area contributed by atoms with E-state index in [2.05, 4.69) is 47.0 Å². The standard InChI is InChI=1S/C13H22N4S/c1-5-11-15-12(14-4)8-13(16-11)17-6-7-18-10(3)9(17)2/h8-10H,5-7H2,1-4H3,(H,14,15,16). The Labute approximate surface area is 114 Å². The summed E-state index contributed by atoms with van der Waals surface area (Å²) in [5, 5.41) is 3.77. The summed E-state index contributed by atoms with van der Waals surface area (Å²) in [7, 11) is 1.91. The van der Waals surface area contributed by atoms with Crippen LogP contribution in [0.25, 0.3) is 0 Å². The molecule has 0 bridgehead atoms. The lowest BCUT2D eigenvalue weighted by Crippen LogP contribution is -2.45. The topological polar surface area (TPSA) is 41.1 Å². The maximum Gasteiger partial charge on any atom is 0.134 e. The molecular weight excluding hydrogens is 244 g/mol. The first kappa shape index (κ1) is 13.5. The van der Waals surface area contributed by atoms with Crippen LogP contribution >= 0.6 is 11.8 Å². The van der Waals surface area contributed by atoms with Gasteiger partial charge in [-0.2, -0.15) is 11.8 Å². The van der Waals surface area contributed by atoms with E-state index >= 15 is 0 Å². The molecule has 0 spiro atoms. The molecule has 1 aromatic rings. The number of nitrogens with one attached hydrogen (secondary N) is 1. The number of aryl methyl sites for hydroxylation is 1. The molecule has 5 heteroatoms. The summed E-state index contributed by atoms with van der Waals surface area (Å²) in [6, 6.07) is 2.58. The van der Waals surface area contributed by atoms with Gasteiger partial charge in [0.2, 0.25) is 0 Å². The van der Waals surface area contributed by atoms with Crippen molar-refractivity contribution in [3.8, 4) is 0 Å². The predicted octanol–water partition coefficient (Wildman–Crippen LogP) is 2.41. The molecule has 1 aliphatic rings. The molecule has 4 nitrogen and oxygen atoms in total. The largest absolute Gasteiger partial charge is 0.373 e. The van der Waals surface area contributed by atoms with Gasteiger partial charge < -0.3 is 10.2 Å². The van der Waals surface area contributed by atoms with Gasteiger partial charge in [0.05, 0.1) is 0 Å². The van der Waals surface area contributed by atoms with E-state index in [4.69, 9.17) is 0 Å². The van der Waals surface area contributed by atoms with Crippen molar-refractivity contribution in [2.45, 2.75) is 38.5 Å². The second-order valence-corrected chi connectivity index (χ2v) is 6.13. The smallest absolute Gasteiger partial charge is 0.134 e. The van der Waals surface area contributed by atoms with Crippen LogP contribution in [0.2, 0.25) is 0 Å². The molecule has 0 saturated carbocycles. The molecule has 2 rings (SSSR count). The zero-order valence-corrected chi connectivity index (χ0v) is 12.4. The molecule has 0 aromatic carbocycles. The molecule has 1 fully saturated rings. The van der Waals surface area contributed by atoms with Crippen LogP contribution in [-0.2, 0) is 6.42 Å². The summed E-state index contributed by atoms with van der Waals surface area (Å²) < 4.78 is 0. The van der Waals surface area contributed by atoms with Crippen molar-refractivity contribution in [3.63, 3.8) is 0 Å². The fourth-order valence-corrected chi connectivity index (χ4v) is 3.27. The molecule has 0 amide bonds. The van der Waals surface area contributed by atoms with Gasteiger partial charge in [-0.1, -0.05) is 13.8 Å². The third-order valence-corrected chi connectivity index (χ3v) is 4.85. The lowest BCUT2D eigenvalue weighted by molar-refractivity contribution is 0.618. The van der Waals surface area contributed by atoms with E-state index in [0.29, 0.717) is 11.3 Å². The lowest BCUT2D eigenvalue weighted by Gasteiger charge is -2.38. The average molecular weight is 266 g/mol. The van der Waals surface area contributed by atoms with Gasteiger partial charge in [0, 0.05) is 43.1 Å². The number of nitrogens with zero attached hydrogens (tertiary/aromatic N) is 3. The monoisotopic (exact) mass is 266 g/mol. The van der Waals surface area contributed by atoms with Crippen LogP contribution in [-0.4, -0.2) is 40.6 Å². The molecule has 0 aliphatic carbocycles. The van der Waals surface area contributed by atoms with Gasteiger partial charge in [-0.15, -0.1) is 0 Å². The summed E-state index contributed by atoms with van der Waals surface area (Å²) in [4.78, 5) is 11.5. The van der Waals surface area contributed by atoms with Crippen LogP contribution in [0.5, 0.6) is 0 Å². The van der Waals surface area contributed by atoms with Crippen molar-refractivity contribution in [1.82, 2.24) is 9.97 Å². The van der Waals surface area contributed by atoms with Crippen molar-refractivity contribution in [2.24, 2.45) is 0 Å². The van der Waals surface area contributed by atoms with Crippen LogP contribution in [0, 0.1) is 0 Å². The van der Waals surface area contributed by atoms with E-state index in [0.717, 1.165) is 30.4 Å². The number of hydrogen-bond acceptors (Lipinski definition) is 5. The van der Waals surface area contributed by atoms with Crippen LogP contribution in [0.4, 0.5) is 11.6 Å². The average Bonchev–Trinajstić information content (AvgIpc) is 2.41. The van der Waals surface area contributed by atoms with E-state index in [1.54, 1.807) is 0 Å². The molecule has 0 radical (unpaired) electrons. The summed E-state index contributed by atoms with van der Waals surface area (Å²) in [5.41, 5.74) is 0. The normalized spacial score (nSPS) is 24.1. The van der Waals surface area contributed by atoms with Crippen molar-refractivity contribution in [1.29, 1.82) is 0 Å². The molecule has 1 saturated heterocycles. The third kappa shape index (κ3) is 2.71. The molecule has 1 aromatic heterocycles. The molecule has 2 unspecified atom stereocenters. The number of anilines is 2. The van der Waals surface area contributed by atoms with E-state index in [1.807, 2.05) is 18.8 Å². The lowest BCUT2D eigenvalue weighted by atomic mass is 10.2. The predicted molar refractivity (Wildman–Crippen MR) is 79.7 cm³/mol. The first-order chi connectivity index (χ1) is 8.65. The maximum atomic E-state index is 4.67. The Morgan fingerprint density at radius 1 is 1.44 bits per heavy atom. The quantitative estimate of drug-likeness (QED) is 0.910. The van der Waals surface area contributed by atoms with Gasteiger partial charge in [-0.05, 0) is 6.92 Å². The Hall–Kier alpha value is -0.970. The van der Waals surface area contributed by atoms with Crippen molar-refractivity contribution < 1.29 is 0 Å². The minimum absolute atomic E-state index is 0.521. The van der Waals surface area contributed by atoms with Gasteiger partial charge in [0.25, 0.3) is 0 Å². The summed E-state index contributed by atoms with van der Waals surface area (Å²) >= 11 is 2.04. The number of aromatic nitrogens is 2. The SMILES string of the molecule is CCc1nc(NC)cc(N2CCSC(C)C2C)n1. The van der Waals surface area contributed by atoms with Gasteiger partial charge in [-0.3, -0.25) is 0 Å². The Morgan fingerprint density at radius 3 is 2.89 bits per heavy atom. The minimum Gasteiger partial charge on any atom is -0.373 e. The van der Waals surface area contributed by atoms with Crippen molar-refractivity contribution in [3.05, 3.63) is 11.9 Å². The highest BCUT2D eigenvalue weighted by Crippen LogP contribution is 2.28. The Morgan fingerprint density at radius 2 is 2.22 bits per heavy atom. The maximum absolute atomic E-state index is 4.67. The zero-order chi connectivity index (χ0) is 13.1. The Balaban J connectivity index is 2.31. The fraction of sp³-hybridized carbons (Fsp3) is 0.692. The van der Waals surface area contributed by atoms with Crippen molar-refractivity contribution in [2.75, 3.05) is 29.6 Å². The highest BCUT2D eigenvalue weighted by molar-refractivity contribution is 8.00. The Kier molecular flexibility index (Phi) is 4.32. The van der Waals surface area contributed by atoms with E-state index in [-0.39, 0.29) is 0 Å². The summed E-state index contributed by atoms with van der Waals surface area (Å²) in [6.07, 6.45) is 0.870. The molecule has 2 heterocycles. The highest BCUT2D eigenvalue weighted by atomic mass is 32.2. The summed E-state index contributed by atoms with van der Waals surface area (Å²) in [5.74, 6) is 4.06. The zero-order valence-electron chi connectivity index (χ0n) is 11.6. The number of rotatable bonds is 3. The van der Waals surface area contributed by atoms with E-state index < -0.39 is 0 Å². The van der Waals surface area contributed by atoms with Crippen LogP contribution in [0.15, 0.2) is 6.07 Å². The van der Waals surface area contributed by atoms with Crippen molar-refractivity contribution >= 4 is 23.4 Å². The fourth-order valence-electron chi connectivity index (χ4n) is 2.17. The Bertz CT molecular complexity index is 388. The van der Waals surface area contributed by atoms with Crippen LogP contribution in [0.1, 0.15) is 26.6 Å². The third-order valence-electron chi connectivity index (χ3n) is 3.51. The molecule has 1 aliphatic heterocycles. The van der Waals surface area contributed by atoms with E-state index in [1.165, 1.54) is 5.75 Å². The molecule has 18 heavy (non-hydrogen) atoms. The van der Waals surface area contributed by atoms with E-state index in [9.17, 15) is 0 Å².